The molecule has 6 heteroatoms. The highest BCUT2D eigenvalue weighted by Gasteiger charge is 2.26. The summed E-state index contributed by atoms with van der Waals surface area (Å²) in [5, 5.41) is 5.20. The smallest absolute Gasteiger partial charge is 0.150 e. The summed E-state index contributed by atoms with van der Waals surface area (Å²) in [5.41, 5.74) is 5.30. The van der Waals surface area contributed by atoms with Gasteiger partial charge in [0.1, 0.15) is 15.6 Å². The van der Waals surface area contributed by atoms with E-state index in [1.807, 2.05) is 20.0 Å². The SMILES string of the molecule is Cc1noc(C)c1-c1ccc2[nH]cc(C3CCS(=O)(=O)CC3)c2c1. The van der Waals surface area contributed by atoms with Crippen LogP contribution in [0.25, 0.3) is 22.0 Å². The molecule has 0 spiro atoms. The first kappa shape index (κ1) is 15.4. The van der Waals surface area contributed by atoms with Crippen LogP contribution < -0.4 is 0 Å². The summed E-state index contributed by atoms with van der Waals surface area (Å²) < 4.78 is 28.7. The molecule has 3 aromatic rings. The Morgan fingerprint density at radius 2 is 1.96 bits per heavy atom. The fraction of sp³-hybridized carbons (Fsp3) is 0.389. The summed E-state index contributed by atoms with van der Waals surface area (Å²) in [7, 11) is -2.85. The Morgan fingerprint density at radius 1 is 1.21 bits per heavy atom. The van der Waals surface area contributed by atoms with E-state index in [0.29, 0.717) is 18.8 Å². The Bertz CT molecular complexity index is 981. The largest absolute Gasteiger partial charge is 0.361 e. The van der Waals surface area contributed by atoms with E-state index in [2.05, 4.69) is 28.3 Å². The number of sulfone groups is 1. The molecule has 126 valence electrons. The van der Waals surface area contributed by atoms with Crippen LogP contribution in [0, 0.1) is 13.8 Å². The van der Waals surface area contributed by atoms with Gasteiger partial charge in [-0.05, 0) is 55.9 Å². The Labute approximate surface area is 141 Å². The lowest BCUT2D eigenvalue weighted by Crippen LogP contribution is -2.21. The molecular weight excluding hydrogens is 324 g/mol. The lowest BCUT2D eigenvalue weighted by Gasteiger charge is -2.21. The molecule has 0 amide bonds. The number of aryl methyl sites for hydroxylation is 2. The second-order valence-corrected chi connectivity index (χ2v) is 8.93. The average molecular weight is 344 g/mol. The normalized spacial score (nSPS) is 18.2. The lowest BCUT2D eigenvalue weighted by molar-refractivity contribution is 0.393. The second kappa shape index (κ2) is 5.48. The Kier molecular flexibility index (Phi) is 3.53. The fourth-order valence-electron chi connectivity index (χ4n) is 3.73. The van der Waals surface area contributed by atoms with Crippen molar-refractivity contribution < 1.29 is 12.9 Å². The van der Waals surface area contributed by atoms with Crippen molar-refractivity contribution >= 4 is 20.7 Å². The van der Waals surface area contributed by atoms with Crippen molar-refractivity contribution in [1.29, 1.82) is 0 Å². The zero-order valence-corrected chi connectivity index (χ0v) is 14.6. The van der Waals surface area contributed by atoms with Crippen molar-refractivity contribution in [2.75, 3.05) is 11.5 Å². The highest BCUT2D eigenvalue weighted by molar-refractivity contribution is 7.91. The second-order valence-electron chi connectivity index (χ2n) is 6.63. The molecule has 0 bridgehead atoms. The van der Waals surface area contributed by atoms with E-state index in [9.17, 15) is 8.42 Å². The zero-order chi connectivity index (χ0) is 16.9. The summed E-state index contributed by atoms with van der Waals surface area (Å²) in [6.07, 6.45) is 3.43. The van der Waals surface area contributed by atoms with Crippen molar-refractivity contribution in [3.05, 3.63) is 41.4 Å². The summed E-state index contributed by atoms with van der Waals surface area (Å²) in [4.78, 5) is 3.32. The molecule has 24 heavy (non-hydrogen) atoms. The summed E-state index contributed by atoms with van der Waals surface area (Å²) in [6.45, 7) is 3.86. The summed E-state index contributed by atoms with van der Waals surface area (Å²) in [6, 6.07) is 6.30. The maximum absolute atomic E-state index is 11.7. The predicted molar refractivity (Wildman–Crippen MR) is 93.9 cm³/mol. The topological polar surface area (TPSA) is 76.0 Å². The van der Waals surface area contributed by atoms with Gasteiger partial charge >= 0.3 is 0 Å². The zero-order valence-electron chi connectivity index (χ0n) is 13.8. The molecule has 0 unspecified atom stereocenters. The van der Waals surface area contributed by atoms with Crippen molar-refractivity contribution in [2.45, 2.75) is 32.6 Å². The van der Waals surface area contributed by atoms with Crippen LogP contribution >= 0.6 is 0 Å². The minimum absolute atomic E-state index is 0.286. The molecule has 1 aliphatic heterocycles. The van der Waals surface area contributed by atoms with E-state index >= 15 is 0 Å². The van der Waals surface area contributed by atoms with E-state index in [4.69, 9.17) is 4.52 Å². The third kappa shape index (κ3) is 2.55. The van der Waals surface area contributed by atoms with Gasteiger partial charge in [0.05, 0.1) is 17.2 Å². The molecule has 2 aromatic heterocycles. The molecule has 1 saturated heterocycles. The molecule has 0 aliphatic carbocycles. The van der Waals surface area contributed by atoms with Crippen molar-refractivity contribution in [3.8, 4) is 11.1 Å². The molecule has 4 rings (SSSR count). The van der Waals surface area contributed by atoms with Crippen LogP contribution in [-0.4, -0.2) is 30.1 Å². The number of H-pyrrole nitrogens is 1. The number of hydrogen-bond donors (Lipinski definition) is 1. The maximum Gasteiger partial charge on any atom is 0.150 e. The van der Waals surface area contributed by atoms with E-state index in [-0.39, 0.29) is 11.5 Å². The Hall–Kier alpha value is -2.08. The Morgan fingerprint density at radius 3 is 2.62 bits per heavy atom. The van der Waals surface area contributed by atoms with Crippen molar-refractivity contribution in [2.24, 2.45) is 0 Å². The molecule has 5 nitrogen and oxygen atoms in total. The third-order valence-corrected chi connectivity index (χ3v) is 6.75. The highest BCUT2D eigenvalue weighted by atomic mass is 32.2. The number of hydrogen-bond acceptors (Lipinski definition) is 4. The van der Waals surface area contributed by atoms with Crippen LogP contribution in [0.3, 0.4) is 0 Å². The standard InChI is InChI=1S/C18H20N2O3S/c1-11-18(12(2)23-20-11)14-3-4-17-15(9-14)16(10-19-17)13-5-7-24(21,22)8-6-13/h3-4,9-10,13,19H,5-8H2,1-2H3. The van der Waals surface area contributed by atoms with Gasteiger partial charge in [0.2, 0.25) is 0 Å². The first-order valence-corrected chi connectivity index (χ1v) is 10.0. The number of benzene rings is 1. The number of fused-ring (bicyclic) bond motifs is 1. The quantitative estimate of drug-likeness (QED) is 0.768. The van der Waals surface area contributed by atoms with Crippen LogP contribution in [-0.2, 0) is 9.84 Å². The molecule has 0 atom stereocenters. The van der Waals surface area contributed by atoms with Gasteiger partial charge in [-0.3, -0.25) is 0 Å². The predicted octanol–water partition coefficient (Wildman–Crippen LogP) is 3.73. The first-order chi connectivity index (χ1) is 11.4. The lowest BCUT2D eigenvalue weighted by atomic mass is 9.92. The molecule has 0 saturated carbocycles. The first-order valence-electron chi connectivity index (χ1n) is 8.19. The molecular formula is C18H20N2O3S. The number of nitrogens with zero attached hydrogens (tertiary/aromatic N) is 1. The average Bonchev–Trinajstić information content (AvgIpc) is 3.10. The highest BCUT2D eigenvalue weighted by Crippen LogP contribution is 2.36. The fourth-order valence-corrected chi connectivity index (χ4v) is 5.22. The molecule has 3 heterocycles. The molecule has 1 aromatic carbocycles. The monoisotopic (exact) mass is 344 g/mol. The van der Waals surface area contributed by atoms with E-state index in [0.717, 1.165) is 33.5 Å². The number of aromatic nitrogens is 2. The summed E-state index contributed by atoms with van der Waals surface area (Å²) in [5.74, 6) is 1.68. The van der Waals surface area contributed by atoms with Gasteiger partial charge in [0.25, 0.3) is 0 Å². The van der Waals surface area contributed by atoms with Crippen LogP contribution in [0.15, 0.2) is 28.9 Å². The van der Waals surface area contributed by atoms with Gasteiger partial charge in [-0.25, -0.2) is 8.42 Å². The number of nitrogens with one attached hydrogen (secondary N) is 1. The van der Waals surface area contributed by atoms with Crippen LogP contribution in [0.5, 0.6) is 0 Å². The van der Waals surface area contributed by atoms with E-state index in [1.54, 1.807) is 0 Å². The Balaban J connectivity index is 1.77. The van der Waals surface area contributed by atoms with Gasteiger partial charge in [-0.15, -0.1) is 0 Å². The van der Waals surface area contributed by atoms with Crippen molar-refractivity contribution in [1.82, 2.24) is 10.1 Å². The molecule has 1 N–H and O–H groups in total. The van der Waals surface area contributed by atoms with Gasteiger partial charge < -0.3 is 9.51 Å². The van der Waals surface area contributed by atoms with E-state index in [1.165, 1.54) is 5.56 Å². The van der Waals surface area contributed by atoms with Gasteiger partial charge in [-0.1, -0.05) is 11.2 Å². The molecule has 0 radical (unpaired) electrons. The van der Waals surface area contributed by atoms with Gasteiger partial charge in [0, 0.05) is 22.7 Å². The van der Waals surface area contributed by atoms with Crippen LogP contribution in [0.2, 0.25) is 0 Å². The minimum atomic E-state index is -2.85. The minimum Gasteiger partial charge on any atom is -0.361 e. The van der Waals surface area contributed by atoms with Gasteiger partial charge in [-0.2, -0.15) is 0 Å². The number of aromatic amines is 1. The van der Waals surface area contributed by atoms with E-state index < -0.39 is 9.84 Å². The molecule has 1 aliphatic rings. The number of rotatable bonds is 2. The molecule has 1 fully saturated rings. The summed E-state index contributed by atoms with van der Waals surface area (Å²) >= 11 is 0. The third-order valence-electron chi connectivity index (χ3n) is 5.03. The van der Waals surface area contributed by atoms with Gasteiger partial charge in [0.15, 0.2) is 0 Å². The maximum atomic E-state index is 11.7. The van der Waals surface area contributed by atoms with Crippen LogP contribution in [0.1, 0.15) is 35.8 Å². The van der Waals surface area contributed by atoms with Crippen molar-refractivity contribution in [3.63, 3.8) is 0 Å². The van der Waals surface area contributed by atoms with Crippen LogP contribution in [0.4, 0.5) is 0 Å².